The molecule has 0 bridgehead atoms. The number of nitrogens with zero attached hydrogens (tertiary/aromatic N) is 1. The Bertz CT molecular complexity index is 361. The van der Waals surface area contributed by atoms with Crippen molar-refractivity contribution in [3.63, 3.8) is 0 Å². The van der Waals surface area contributed by atoms with E-state index < -0.39 is 11.3 Å². The second kappa shape index (κ2) is 4.85. The van der Waals surface area contributed by atoms with E-state index in [1.54, 1.807) is 24.3 Å². The molecule has 0 aromatic heterocycles. The molecule has 0 heterocycles. The van der Waals surface area contributed by atoms with Crippen molar-refractivity contribution < 1.29 is 13.2 Å². The molecule has 0 amide bonds. The maximum atomic E-state index is 11.9. The molecule has 1 aromatic carbocycles. The van der Waals surface area contributed by atoms with Crippen LogP contribution in [0.1, 0.15) is 0 Å². The van der Waals surface area contributed by atoms with Gasteiger partial charge in [-0.2, -0.15) is 18.3 Å². The number of hydrogen-bond acceptors (Lipinski definition) is 2. The van der Waals surface area contributed by atoms with E-state index in [4.69, 9.17) is 11.6 Å². The molecule has 0 saturated heterocycles. The molecule has 1 N–H and O–H groups in total. The Labute approximate surface area is 97.2 Å². The molecule has 0 fully saturated rings. The van der Waals surface area contributed by atoms with Gasteiger partial charge in [0.25, 0.3) is 0 Å². The summed E-state index contributed by atoms with van der Waals surface area (Å²) in [6.45, 7) is 0. The van der Waals surface area contributed by atoms with E-state index in [-0.39, 0.29) is 0 Å². The zero-order valence-corrected chi connectivity index (χ0v) is 9.49. The molecule has 0 saturated carbocycles. The van der Waals surface area contributed by atoms with Crippen LogP contribution in [0.2, 0.25) is 0 Å². The second-order valence-corrected chi connectivity index (χ2v) is 3.79. The first-order chi connectivity index (χ1) is 6.89. The monoisotopic (exact) mass is 300 g/mol. The minimum Gasteiger partial charge on any atom is -0.277 e. The van der Waals surface area contributed by atoms with Crippen molar-refractivity contribution in [1.29, 1.82) is 0 Å². The van der Waals surface area contributed by atoms with Gasteiger partial charge in [0.2, 0.25) is 5.17 Å². The number of benzene rings is 1. The standard InChI is InChI=1S/C8H5BrClF3N2/c9-5-1-3-6(4-2-5)14-15-7(10)8(11,12)13/h1-4,14H/b15-7+. The highest BCUT2D eigenvalue weighted by Gasteiger charge is 2.34. The normalized spacial score (nSPS) is 12.7. The molecule has 0 atom stereocenters. The summed E-state index contributed by atoms with van der Waals surface area (Å²) in [5, 5.41) is 1.55. The van der Waals surface area contributed by atoms with E-state index in [0.29, 0.717) is 5.69 Å². The summed E-state index contributed by atoms with van der Waals surface area (Å²) in [6.07, 6.45) is -4.62. The SMILES string of the molecule is FC(F)(F)/C(Cl)=N\Nc1ccc(Br)cc1. The highest BCUT2D eigenvalue weighted by atomic mass is 79.9. The highest BCUT2D eigenvalue weighted by molar-refractivity contribution is 9.10. The lowest BCUT2D eigenvalue weighted by atomic mass is 10.3. The molecule has 0 aliphatic heterocycles. The fourth-order valence-corrected chi connectivity index (χ4v) is 1.01. The molecule has 1 aromatic rings. The molecule has 7 heteroatoms. The van der Waals surface area contributed by atoms with Crippen molar-refractivity contribution in [2.75, 3.05) is 5.43 Å². The first-order valence-corrected chi connectivity index (χ1v) is 4.88. The summed E-state index contributed by atoms with van der Waals surface area (Å²) in [4.78, 5) is 0. The van der Waals surface area contributed by atoms with Gasteiger partial charge in [-0.3, -0.25) is 5.43 Å². The summed E-state index contributed by atoms with van der Waals surface area (Å²) >= 11 is 8.08. The third-order valence-corrected chi connectivity index (χ3v) is 2.19. The zero-order chi connectivity index (χ0) is 11.5. The molecule has 15 heavy (non-hydrogen) atoms. The topological polar surface area (TPSA) is 24.4 Å². The number of alkyl halides is 3. The molecule has 0 unspecified atom stereocenters. The van der Waals surface area contributed by atoms with Crippen molar-refractivity contribution in [3.8, 4) is 0 Å². The van der Waals surface area contributed by atoms with Crippen LogP contribution in [0.4, 0.5) is 18.9 Å². The van der Waals surface area contributed by atoms with Crippen LogP contribution >= 0.6 is 27.5 Å². The Morgan fingerprint density at radius 2 is 1.80 bits per heavy atom. The van der Waals surface area contributed by atoms with Crippen LogP contribution in [0.15, 0.2) is 33.8 Å². The fourth-order valence-electron chi connectivity index (χ4n) is 0.701. The molecule has 82 valence electrons. The third kappa shape index (κ3) is 4.09. The predicted octanol–water partition coefficient (Wildman–Crippen LogP) is 3.98. The predicted molar refractivity (Wildman–Crippen MR) is 57.1 cm³/mol. The van der Waals surface area contributed by atoms with Gasteiger partial charge in [0.15, 0.2) is 0 Å². The van der Waals surface area contributed by atoms with E-state index >= 15 is 0 Å². The number of halogens is 5. The number of nitrogens with one attached hydrogen (secondary N) is 1. The van der Waals surface area contributed by atoms with Crippen molar-refractivity contribution in [3.05, 3.63) is 28.7 Å². The first kappa shape index (κ1) is 12.3. The zero-order valence-electron chi connectivity index (χ0n) is 7.15. The lowest BCUT2D eigenvalue weighted by molar-refractivity contribution is -0.0559. The smallest absolute Gasteiger partial charge is 0.277 e. The molecule has 2 nitrogen and oxygen atoms in total. The largest absolute Gasteiger partial charge is 0.446 e. The minimum absolute atomic E-state index is 0.417. The van der Waals surface area contributed by atoms with E-state index in [0.717, 1.165) is 4.47 Å². The molecule has 0 radical (unpaired) electrons. The number of anilines is 1. The van der Waals surface area contributed by atoms with Crippen LogP contribution in [0, 0.1) is 0 Å². The van der Waals surface area contributed by atoms with Gasteiger partial charge in [-0.15, -0.1) is 0 Å². The molecule has 0 spiro atoms. The van der Waals surface area contributed by atoms with E-state index in [9.17, 15) is 13.2 Å². The minimum atomic E-state index is -4.62. The van der Waals surface area contributed by atoms with Gasteiger partial charge in [-0.05, 0) is 24.3 Å². The van der Waals surface area contributed by atoms with Gasteiger partial charge in [0.05, 0.1) is 5.69 Å². The maximum Gasteiger partial charge on any atom is 0.446 e. The molecular formula is C8H5BrClF3N2. The molecule has 0 aliphatic carbocycles. The van der Waals surface area contributed by atoms with Crippen molar-refractivity contribution in [2.45, 2.75) is 6.18 Å². The Hall–Kier alpha value is -0.750. The van der Waals surface area contributed by atoms with Gasteiger partial charge in [0.1, 0.15) is 0 Å². The second-order valence-electron chi connectivity index (χ2n) is 2.52. The van der Waals surface area contributed by atoms with Crippen molar-refractivity contribution in [1.82, 2.24) is 0 Å². The summed E-state index contributed by atoms with van der Waals surface area (Å²) in [5.74, 6) is 0. The maximum absolute atomic E-state index is 11.9. The van der Waals surface area contributed by atoms with E-state index in [1.165, 1.54) is 0 Å². The van der Waals surface area contributed by atoms with Gasteiger partial charge in [-0.25, -0.2) is 0 Å². The lowest BCUT2D eigenvalue weighted by Crippen LogP contribution is -2.18. The summed E-state index contributed by atoms with van der Waals surface area (Å²) in [7, 11) is 0. The van der Waals surface area contributed by atoms with Gasteiger partial charge in [-0.1, -0.05) is 27.5 Å². The van der Waals surface area contributed by atoms with Crippen LogP contribution < -0.4 is 5.43 Å². The van der Waals surface area contributed by atoms with Crippen LogP contribution in [0.5, 0.6) is 0 Å². The summed E-state index contributed by atoms with van der Waals surface area (Å²) in [6, 6.07) is 6.46. The van der Waals surface area contributed by atoms with E-state index in [1.807, 2.05) is 0 Å². The van der Waals surface area contributed by atoms with Crippen LogP contribution in [-0.2, 0) is 0 Å². The number of hydrogen-bond donors (Lipinski definition) is 1. The molecule has 0 aliphatic rings. The van der Waals surface area contributed by atoms with Crippen LogP contribution in [-0.4, -0.2) is 11.3 Å². The average Bonchev–Trinajstić information content (AvgIpc) is 2.15. The van der Waals surface area contributed by atoms with Crippen molar-refractivity contribution in [2.24, 2.45) is 5.10 Å². The van der Waals surface area contributed by atoms with Crippen molar-refractivity contribution >= 4 is 38.4 Å². The average molecular weight is 301 g/mol. The number of hydrazone groups is 1. The Kier molecular flexibility index (Phi) is 3.98. The van der Waals surface area contributed by atoms with Crippen LogP contribution in [0.25, 0.3) is 0 Å². The van der Waals surface area contributed by atoms with Gasteiger partial charge in [0, 0.05) is 4.47 Å². The first-order valence-electron chi connectivity index (χ1n) is 3.71. The van der Waals surface area contributed by atoms with Gasteiger partial charge >= 0.3 is 6.18 Å². The lowest BCUT2D eigenvalue weighted by Gasteiger charge is -2.04. The summed E-state index contributed by atoms with van der Waals surface area (Å²) < 4.78 is 36.5. The Balaban J connectivity index is 2.68. The Morgan fingerprint density at radius 1 is 1.27 bits per heavy atom. The highest BCUT2D eigenvalue weighted by Crippen LogP contribution is 2.20. The number of rotatable bonds is 2. The summed E-state index contributed by atoms with van der Waals surface area (Å²) in [5.41, 5.74) is 2.61. The molecular weight excluding hydrogens is 296 g/mol. The van der Waals surface area contributed by atoms with E-state index in [2.05, 4.69) is 26.5 Å². The third-order valence-electron chi connectivity index (χ3n) is 1.36. The Morgan fingerprint density at radius 3 is 2.27 bits per heavy atom. The molecule has 1 rings (SSSR count). The van der Waals surface area contributed by atoms with Gasteiger partial charge < -0.3 is 0 Å². The van der Waals surface area contributed by atoms with Crippen LogP contribution in [0.3, 0.4) is 0 Å². The fraction of sp³-hybridized carbons (Fsp3) is 0.125. The quantitative estimate of drug-likeness (QED) is 0.648.